The Morgan fingerprint density at radius 3 is 1.38 bits per heavy atom. The van der Waals surface area contributed by atoms with Gasteiger partial charge in [0, 0.05) is 42.8 Å². The molecule has 0 aliphatic rings. The van der Waals surface area contributed by atoms with E-state index in [1.165, 1.54) is 0 Å². The molecule has 0 saturated carbocycles. The van der Waals surface area contributed by atoms with Crippen molar-refractivity contribution in [3.8, 4) is 23.0 Å². The lowest BCUT2D eigenvalue weighted by molar-refractivity contribution is 0.172. The minimum absolute atomic E-state index is 0.113. The third-order valence-electron chi connectivity index (χ3n) is 9.91. The molecule has 0 saturated heterocycles. The van der Waals surface area contributed by atoms with Gasteiger partial charge in [-0.05, 0) is 114 Å². The van der Waals surface area contributed by atoms with Gasteiger partial charge in [0.2, 0.25) is 0 Å². The minimum atomic E-state index is -1.58. The lowest BCUT2D eigenvalue weighted by Gasteiger charge is -2.24. The van der Waals surface area contributed by atoms with Crippen LogP contribution < -0.4 is 9.47 Å². The van der Waals surface area contributed by atoms with Crippen molar-refractivity contribution in [1.82, 2.24) is 0 Å². The van der Waals surface area contributed by atoms with E-state index in [9.17, 15) is 13.9 Å². The number of ether oxygens (including phenoxy) is 2. The van der Waals surface area contributed by atoms with E-state index in [1.807, 2.05) is 60.7 Å². The molecule has 0 heterocycles. The molecule has 0 radical (unpaired) electrons. The third kappa shape index (κ3) is 16.0. The summed E-state index contributed by atoms with van der Waals surface area (Å²) in [6, 6.07) is 46.6. The van der Waals surface area contributed by atoms with Crippen molar-refractivity contribution in [3.63, 3.8) is 0 Å². The number of para-hydroxylation sites is 2. The Morgan fingerprint density at radius 2 is 0.968 bits per heavy atom. The maximum atomic E-state index is 15.5. The number of hydrogen-bond donors (Lipinski definition) is 1. The monoisotopic (exact) mass is 910 g/mol. The fraction of sp³-hybridized carbons (Fsp3) is 0.208. The van der Waals surface area contributed by atoms with Crippen LogP contribution in [0, 0.1) is 0 Å². The van der Waals surface area contributed by atoms with Crippen LogP contribution in [0.25, 0.3) is 0 Å². The number of hydrogen-bond acceptors (Lipinski definition) is 3. The highest BCUT2D eigenvalue weighted by Crippen LogP contribution is 2.37. The highest BCUT2D eigenvalue weighted by Gasteiger charge is 2.28. The highest BCUT2D eigenvalue weighted by molar-refractivity contribution is 6.76. The molecule has 6 aromatic rings. The summed E-state index contributed by atoms with van der Waals surface area (Å²) < 4.78 is 72.0. The Hall–Kier alpha value is -5.38. The lowest BCUT2D eigenvalue weighted by Crippen LogP contribution is -2.28. The van der Waals surface area contributed by atoms with Crippen LogP contribution in [0.15, 0.2) is 194 Å². The van der Waals surface area contributed by atoms with Gasteiger partial charge in [-0.15, -0.1) is 6.58 Å². The molecule has 0 aromatic heterocycles. The van der Waals surface area contributed by atoms with E-state index >= 15 is 8.78 Å². The van der Waals surface area contributed by atoms with Crippen molar-refractivity contribution >= 4 is 31.3 Å². The first-order valence-electron chi connectivity index (χ1n) is 20.7. The molecular weight excluding hydrogens is 860 g/mol. The van der Waals surface area contributed by atoms with Crippen molar-refractivity contribution in [2.75, 3.05) is 0 Å². The molecule has 0 fully saturated rings. The summed E-state index contributed by atoms with van der Waals surface area (Å²) >= 11 is 11.9. The zero-order valence-electron chi connectivity index (χ0n) is 35.6. The number of rotatable bonds is 18. The van der Waals surface area contributed by atoms with Crippen molar-refractivity contribution in [3.05, 3.63) is 226 Å². The smallest absolute Gasteiger partial charge is 0.139 e. The lowest BCUT2D eigenvalue weighted by atomic mass is 9.91. The number of benzene rings is 6. The Bertz CT molecular complexity index is 2420. The van der Waals surface area contributed by atoms with Crippen LogP contribution in [-0.2, 0) is 12.8 Å². The molecule has 0 amide bonds. The van der Waals surface area contributed by atoms with Gasteiger partial charge in [0.05, 0.1) is 6.10 Å². The van der Waals surface area contributed by atoms with E-state index in [0.29, 0.717) is 61.3 Å². The molecule has 63 heavy (non-hydrogen) atoms. The Balaban J connectivity index is 0.000000240. The first-order chi connectivity index (χ1) is 30.2. The van der Waals surface area contributed by atoms with Gasteiger partial charge in [0.1, 0.15) is 46.3 Å². The molecule has 0 spiro atoms. The molecule has 3 atom stereocenters. The van der Waals surface area contributed by atoms with E-state index in [1.54, 1.807) is 103 Å². The van der Waals surface area contributed by atoms with Gasteiger partial charge >= 0.3 is 0 Å². The molecule has 0 aliphatic heterocycles. The first-order valence-corrected chi connectivity index (χ1v) is 25.2. The van der Waals surface area contributed by atoms with Gasteiger partial charge in [0.15, 0.2) is 0 Å². The summed E-state index contributed by atoms with van der Waals surface area (Å²) in [5.41, 5.74) is 2.47. The highest BCUT2D eigenvalue weighted by atomic mass is 35.5. The van der Waals surface area contributed by atoms with E-state index in [0.717, 1.165) is 0 Å². The normalized spacial score (nSPS) is 13.6. The topological polar surface area (TPSA) is 38.7 Å². The summed E-state index contributed by atoms with van der Waals surface area (Å²) in [4.78, 5) is 0. The second-order valence-corrected chi connectivity index (χ2v) is 22.8. The van der Waals surface area contributed by atoms with Gasteiger partial charge in [-0.1, -0.05) is 134 Å². The molecule has 1 N–H and O–H groups in total. The van der Waals surface area contributed by atoms with E-state index in [4.69, 9.17) is 32.7 Å². The summed E-state index contributed by atoms with van der Waals surface area (Å²) in [5, 5.41) is 11.7. The van der Waals surface area contributed by atoms with Gasteiger partial charge in [-0.3, -0.25) is 0 Å². The second-order valence-electron chi connectivity index (χ2n) is 16.4. The van der Waals surface area contributed by atoms with Gasteiger partial charge in [-0.2, -0.15) is 0 Å². The minimum Gasteiger partial charge on any atom is -0.457 e. The molecule has 328 valence electrons. The summed E-state index contributed by atoms with van der Waals surface area (Å²) in [7, 11) is -1.58. The van der Waals surface area contributed by atoms with Crippen LogP contribution in [0.5, 0.6) is 23.0 Å². The van der Waals surface area contributed by atoms with Gasteiger partial charge in [0.25, 0.3) is 0 Å². The zero-order chi connectivity index (χ0) is 45.4. The maximum absolute atomic E-state index is 15.5. The average molecular weight is 912 g/mol. The Labute approximate surface area is 380 Å². The number of aliphatic hydroxyl groups excluding tert-OH is 1. The summed E-state index contributed by atoms with van der Waals surface area (Å²) in [5.74, 6) is -2.44. The molecular formula is C53H52Cl2F4O3Si. The summed E-state index contributed by atoms with van der Waals surface area (Å²) in [6.45, 7) is 10.1. The molecule has 6 rings (SSSR count). The Kier molecular flexibility index (Phi) is 18.4. The van der Waals surface area contributed by atoms with Crippen LogP contribution in [0.1, 0.15) is 46.9 Å². The van der Waals surface area contributed by atoms with Crippen molar-refractivity contribution in [2.45, 2.75) is 69.3 Å². The van der Waals surface area contributed by atoms with Crippen LogP contribution in [-0.4, -0.2) is 19.3 Å². The van der Waals surface area contributed by atoms with Crippen molar-refractivity contribution in [2.24, 2.45) is 0 Å². The maximum Gasteiger partial charge on any atom is 0.139 e. The quantitative estimate of drug-likeness (QED) is 0.0530. The number of allylic oxidation sites excluding steroid dienone is 5. The molecule has 10 heteroatoms. The SMILES string of the molecule is C=CCC(/C(F)=C(\F)Cc1cccc(Oc2ccccc2)c1)c1ccc(Cl)cc1.C[Si](C)(C)CC(O)CC(/C(F)=C(\F)Cc1cccc(Oc2ccccc2)c1)c1ccc(Cl)cc1. The molecule has 0 aliphatic carbocycles. The third-order valence-corrected chi connectivity index (χ3v) is 12.1. The first kappa shape index (κ1) is 48.6. The molecule has 6 aromatic carbocycles. The predicted molar refractivity (Wildman–Crippen MR) is 254 cm³/mol. The second kappa shape index (κ2) is 23.9. The van der Waals surface area contributed by atoms with Crippen LogP contribution in [0.4, 0.5) is 17.6 Å². The molecule has 3 unspecified atom stereocenters. The van der Waals surface area contributed by atoms with Crippen molar-refractivity contribution < 1.29 is 32.1 Å². The zero-order valence-corrected chi connectivity index (χ0v) is 38.1. The Morgan fingerprint density at radius 1 is 0.571 bits per heavy atom. The van der Waals surface area contributed by atoms with E-state index in [-0.39, 0.29) is 25.7 Å². The fourth-order valence-electron chi connectivity index (χ4n) is 6.98. The molecule has 3 nitrogen and oxygen atoms in total. The van der Waals surface area contributed by atoms with E-state index < -0.39 is 49.3 Å². The van der Waals surface area contributed by atoms with Crippen LogP contribution in [0.2, 0.25) is 35.7 Å². The number of halogens is 6. The van der Waals surface area contributed by atoms with Gasteiger partial charge in [-0.25, -0.2) is 17.6 Å². The molecule has 0 bridgehead atoms. The van der Waals surface area contributed by atoms with Crippen LogP contribution >= 0.6 is 23.2 Å². The average Bonchev–Trinajstić information content (AvgIpc) is 3.25. The van der Waals surface area contributed by atoms with Gasteiger partial charge < -0.3 is 14.6 Å². The standard InChI is InChI=1S/C28H31ClF2O2Si.C25H21ClF2O/c1-34(2,3)19-23(32)18-26(21-12-14-22(29)15-13-21)28(31)27(30)17-20-8-7-11-25(16-20)33-24-9-5-4-6-10-24;1-2-7-23(19-12-14-20(26)15-13-19)25(28)24(27)17-18-8-6-11-22(16-18)29-21-9-4-3-5-10-21/h4-16,23,26,32H,17-19H2,1-3H3;2-6,8-16,23H,1,7,17H2/b28-27+;25-24+. The van der Waals surface area contributed by atoms with Crippen molar-refractivity contribution in [1.29, 1.82) is 0 Å². The van der Waals surface area contributed by atoms with Crippen LogP contribution in [0.3, 0.4) is 0 Å². The fourth-order valence-corrected chi connectivity index (χ4v) is 8.82. The largest absolute Gasteiger partial charge is 0.457 e. The van der Waals surface area contributed by atoms with E-state index in [2.05, 4.69) is 26.2 Å². The predicted octanol–water partition coefficient (Wildman–Crippen LogP) is 16.9. The summed E-state index contributed by atoms with van der Waals surface area (Å²) in [6.07, 6.45) is 0.916. The number of aliphatic hydroxyl groups is 1.